The minimum Gasteiger partial charge on any atom is -0.310 e. The first-order chi connectivity index (χ1) is 7.56. The summed E-state index contributed by atoms with van der Waals surface area (Å²) >= 11 is 0. The summed E-state index contributed by atoms with van der Waals surface area (Å²) in [5, 5.41) is 14.1. The van der Waals surface area contributed by atoms with Gasteiger partial charge in [0.15, 0.2) is 0 Å². The second-order valence-electron chi connectivity index (χ2n) is 4.01. The number of nitrogens with one attached hydrogen (secondary N) is 1. The molecule has 0 aliphatic heterocycles. The molecule has 1 aromatic carbocycles. The number of hydrogen-bond acceptors (Lipinski definition) is 3. The minimum absolute atomic E-state index is 0.198. The molecule has 1 rings (SSSR count). The molecule has 0 aliphatic rings. The Balaban J connectivity index is 2.81. The predicted octanol–water partition coefficient (Wildman–Crippen LogP) is 2.79. The molecule has 4 heteroatoms. The fourth-order valence-corrected chi connectivity index (χ4v) is 1.49. The van der Waals surface area contributed by atoms with Crippen molar-refractivity contribution in [1.82, 2.24) is 5.32 Å². The molecule has 0 heterocycles. The molecule has 0 saturated heterocycles. The second kappa shape index (κ2) is 5.61. The zero-order chi connectivity index (χ0) is 12.1. The summed E-state index contributed by atoms with van der Waals surface area (Å²) in [4.78, 5) is 10.4. The van der Waals surface area contributed by atoms with Crippen molar-refractivity contribution in [2.45, 2.75) is 39.8 Å². The predicted molar refractivity (Wildman–Crippen MR) is 64.4 cm³/mol. The first-order valence-electron chi connectivity index (χ1n) is 5.52. The molecule has 1 atom stereocenters. The number of rotatable bonds is 5. The van der Waals surface area contributed by atoms with Gasteiger partial charge in [-0.1, -0.05) is 19.1 Å². The van der Waals surface area contributed by atoms with Crippen LogP contribution in [0.2, 0.25) is 0 Å². The Morgan fingerprint density at radius 2 is 2.19 bits per heavy atom. The number of benzene rings is 1. The molecule has 0 aromatic heterocycles. The van der Waals surface area contributed by atoms with Gasteiger partial charge < -0.3 is 5.32 Å². The van der Waals surface area contributed by atoms with Crippen LogP contribution in [0.15, 0.2) is 18.2 Å². The second-order valence-corrected chi connectivity index (χ2v) is 4.01. The molecule has 0 radical (unpaired) electrons. The normalized spacial score (nSPS) is 12.4. The molecule has 0 amide bonds. The average molecular weight is 222 g/mol. The smallest absolute Gasteiger partial charge is 0.272 e. The molecule has 4 nitrogen and oxygen atoms in total. The Kier molecular flexibility index (Phi) is 4.43. The van der Waals surface area contributed by atoms with E-state index in [0.717, 1.165) is 17.5 Å². The summed E-state index contributed by atoms with van der Waals surface area (Å²) in [6.07, 6.45) is 1.05. The molecule has 0 spiro atoms. The number of nitro groups is 1. The minimum atomic E-state index is -0.331. The average Bonchev–Trinajstić information content (AvgIpc) is 2.26. The molecule has 1 N–H and O–H groups in total. The zero-order valence-corrected chi connectivity index (χ0v) is 9.99. The molecule has 0 bridgehead atoms. The Morgan fingerprint density at radius 3 is 2.75 bits per heavy atom. The van der Waals surface area contributed by atoms with Crippen LogP contribution in [0.25, 0.3) is 0 Å². The Bertz CT molecular complexity index is 377. The maximum absolute atomic E-state index is 10.8. The fraction of sp³-hybridized carbons (Fsp3) is 0.500. The van der Waals surface area contributed by atoms with E-state index in [9.17, 15) is 10.1 Å². The molecular weight excluding hydrogens is 204 g/mol. The molecular formula is C12H18N2O2. The van der Waals surface area contributed by atoms with Crippen LogP contribution >= 0.6 is 0 Å². The quantitative estimate of drug-likeness (QED) is 0.615. The topological polar surface area (TPSA) is 55.2 Å². The Labute approximate surface area is 95.8 Å². The highest BCUT2D eigenvalue weighted by Crippen LogP contribution is 2.20. The van der Waals surface area contributed by atoms with E-state index >= 15 is 0 Å². The molecule has 0 aliphatic carbocycles. The van der Waals surface area contributed by atoms with Crippen LogP contribution in [0.5, 0.6) is 0 Å². The van der Waals surface area contributed by atoms with E-state index in [-0.39, 0.29) is 10.6 Å². The lowest BCUT2D eigenvalue weighted by atomic mass is 10.1. The van der Waals surface area contributed by atoms with Gasteiger partial charge in [-0.15, -0.1) is 0 Å². The lowest BCUT2D eigenvalue weighted by molar-refractivity contribution is -0.385. The third-order valence-electron chi connectivity index (χ3n) is 2.87. The highest BCUT2D eigenvalue weighted by molar-refractivity contribution is 5.44. The van der Waals surface area contributed by atoms with Crippen LogP contribution in [0.1, 0.15) is 31.4 Å². The summed E-state index contributed by atoms with van der Waals surface area (Å²) in [6, 6.07) is 5.64. The van der Waals surface area contributed by atoms with E-state index in [4.69, 9.17) is 0 Å². The highest BCUT2D eigenvalue weighted by Gasteiger charge is 2.12. The van der Waals surface area contributed by atoms with Crippen LogP contribution in [0, 0.1) is 17.0 Å². The summed E-state index contributed by atoms with van der Waals surface area (Å²) in [6.45, 7) is 6.69. The van der Waals surface area contributed by atoms with Crippen LogP contribution in [0.4, 0.5) is 5.69 Å². The SMILES string of the molecule is CCC(C)NCc1cccc([N+](=O)[O-])c1C. The third kappa shape index (κ3) is 3.03. The van der Waals surface area contributed by atoms with Gasteiger partial charge in [0.1, 0.15) is 0 Å². The van der Waals surface area contributed by atoms with E-state index in [0.29, 0.717) is 12.6 Å². The Morgan fingerprint density at radius 1 is 1.50 bits per heavy atom. The van der Waals surface area contributed by atoms with E-state index in [2.05, 4.69) is 19.2 Å². The Hall–Kier alpha value is -1.42. The van der Waals surface area contributed by atoms with E-state index in [1.54, 1.807) is 19.1 Å². The van der Waals surface area contributed by atoms with Gasteiger partial charge in [-0.25, -0.2) is 0 Å². The lowest BCUT2D eigenvalue weighted by Gasteiger charge is -2.12. The van der Waals surface area contributed by atoms with Crippen molar-refractivity contribution in [2.24, 2.45) is 0 Å². The lowest BCUT2D eigenvalue weighted by Crippen LogP contribution is -2.24. The van der Waals surface area contributed by atoms with Gasteiger partial charge in [0.2, 0.25) is 0 Å². The summed E-state index contributed by atoms with van der Waals surface area (Å²) in [5.74, 6) is 0. The van der Waals surface area contributed by atoms with E-state index in [1.165, 1.54) is 0 Å². The van der Waals surface area contributed by atoms with Gasteiger partial charge in [-0.3, -0.25) is 10.1 Å². The van der Waals surface area contributed by atoms with Crippen molar-refractivity contribution in [3.63, 3.8) is 0 Å². The van der Waals surface area contributed by atoms with Crippen molar-refractivity contribution in [3.05, 3.63) is 39.4 Å². The molecule has 0 fully saturated rings. The van der Waals surface area contributed by atoms with Gasteiger partial charge in [0, 0.05) is 24.2 Å². The van der Waals surface area contributed by atoms with Crippen LogP contribution in [-0.2, 0) is 6.54 Å². The molecule has 88 valence electrons. The molecule has 1 unspecified atom stereocenters. The number of nitrogens with zero attached hydrogens (tertiary/aromatic N) is 1. The largest absolute Gasteiger partial charge is 0.310 e. The van der Waals surface area contributed by atoms with Crippen molar-refractivity contribution in [2.75, 3.05) is 0 Å². The monoisotopic (exact) mass is 222 g/mol. The van der Waals surface area contributed by atoms with Crippen molar-refractivity contribution in [1.29, 1.82) is 0 Å². The first kappa shape index (κ1) is 12.6. The van der Waals surface area contributed by atoms with E-state index in [1.807, 2.05) is 6.07 Å². The van der Waals surface area contributed by atoms with Crippen LogP contribution in [0.3, 0.4) is 0 Å². The maximum Gasteiger partial charge on any atom is 0.272 e. The van der Waals surface area contributed by atoms with E-state index < -0.39 is 0 Å². The van der Waals surface area contributed by atoms with Gasteiger partial charge in [0.05, 0.1) is 4.92 Å². The van der Waals surface area contributed by atoms with Crippen molar-refractivity contribution >= 4 is 5.69 Å². The van der Waals surface area contributed by atoms with Gasteiger partial charge in [-0.2, -0.15) is 0 Å². The van der Waals surface area contributed by atoms with Crippen LogP contribution < -0.4 is 5.32 Å². The highest BCUT2D eigenvalue weighted by atomic mass is 16.6. The third-order valence-corrected chi connectivity index (χ3v) is 2.87. The standard InChI is InChI=1S/C12H18N2O2/c1-4-9(2)13-8-11-6-5-7-12(10(11)3)14(15)16/h5-7,9,13H,4,8H2,1-3H3. The maximum atomic E-state index is 10.8. The molecule has 1 aromatic rings. The number of hydrogen-bond donors (Lipinski definition) is 1. The summed E-state index contributed by atoms with van der Waals surface area (Å²) < 4.78 is 0. The van der Waals surface area contributed by atoms with Gasteiger partial charge in [0.25, 0.3) is 5.69 Å². The van der Waals surface area contributed by atoms with Crippen molar-refractivity contribution < 1.29 is 4.92 Å². The number of nitro benzene ring substituents is 1. The van der Waals surface area contributed by atoms with Gasteiger partial charge >= 0.3 is 0 Å². The molecule has 16 heavy (non-hydrogen) atoms. The summed E-state index contributed by atoms with van der Waals surface area (Å²) in [7, 11) is 0. The molecule has 0 saturated carbocycles. The van der Waals surface area contributed by atoms with Crippen molar-refractivity contribution in [3.8, 4) is 0 Å². The van der Waals surface area contributed by atoms with Crippen LogP contribution in [-0.4, -0.2) is 11.0 Å². The summed E-state index contributed by atoms with van der Waals surface area (Å²) in [5.41, 5.74) is 1.95. The fourth-order valence-electron chi connectivity index (χ4n) is 1.49. The first-order valence-corrected chi connectivity index (χ1v) is 5.52. The van der Waals surface area contributed by atoms with Gasteiger partial charge in [-0.05, 0) is 25.8 Å². The zero-order valence-electron chi connectivity index (χ0n) is 9.99.